The third-order valence-electron chi connectivity index (χ3n) is 2.99. The van der Waals surface area contributed by atoms with Crippen LogP contribution in [0.5, 0.6) is 0 Å². The Balaban J connectivity index is 2.01. The van der Waals surface area contributed by atoms with Crippen LogP contribution < -0.4 is 5.32 Å². The second-order valence-corrected chi connectivity index (χ2v) is 6.96. The molecule has 0 aliphatic heterocycles. The van der Waals surface area contributed by atoms with E-state index in [0.29, 0.717) is 17.9 Å². The Morgan fingerprint density at radius 2 is 1.81 bits per heavy atom. The first-order valence-corrected chi connectivity index (χ1v) is 8.50. The fourth-order valence-electron chi connectivity index (χ4n) is 1.87. The quantitative estimate of drug-likeness (QED) is 0.888. The molecule has 6 heteroatoms. The van der Waals surface area contributed by atoms with Gasteiger partial charge in [-0.1, -0.05) is 6.92 Å². The highest BCUT2D eigenvalue weighted by molar-refractivity contribution is 7.91. The molecule has 0 saturated heterocycles. The molecule has 1 aromatic carbocycles. The molecule has 0 amide bonds. The number of nitrogens with one attached hydrogen (secondary N) is 1. The maximum Gasteiger partial charge on any atom is 0.178 e. The highest BCUT2D eigenvalue weighted by Crippen LogP contribution is 2.16. The zero-order valence-electron chi connectivity index (χ0n) is 12.2. The van der Waals surface area contributed by atoms with Crippen LogP contribution in [0, 0.1) is 6.92 Å². The van der Waals surface area contributed by atoms with Gasteiger partial charge in [-0.2, -0.15) is 0 Å². The Morgan fingerprint density at radius 1 is 1.10 bits per heavy atom. The second kappa shape index (κ2) is 6.67. The lowest BCUT2D eigenvalue weighted by atomic mass is 10.3. The van der Waals surface area contributed by atoms with Crippen molar-refractivity contribution in [2.24, 2.45) is 0 Å². The summed E-state index contributed by atoms with van der Waals surface area (Å²) >= 11 is 0. The Bertz CT molecular complexity index is 680. The van der Waals surface area contributed by atoms with Gasteiger partial charge in [0.2, 0.25) is 0 Å². The molecule has 0 saturated carbocycles. The van der Waals surface area contributed by atoms with Crippen molar-refractivity contribution in [3.8, 4) is 0 Å². The van der Waals surface area contributed by atoms with Crippen LogP contribution in [0.25, 0.3) is 0 Å². The van der Waals surface area contributed by atoms with Crippen molar-refractivity contribution in [1.82, 2.24) is 9.97 Å². The van der Waals surface area contributed by atoms with Gasteiger partial charge in [-0.3, -0.25) is 9.97 Å². The number of sulfone groups is 1. The summed E-state index contributed by atoms with van der Waals surface area (Å²) in [7, 11) is -3.15. The maximum atomic E-state index is 11.9. The summed E-state index contributed by atoms with van der Waals surface area (Å²) < 4.78 is 23.8. The van der Waals surface area contributed by atoms with Gasteiger partial charge < -0.3 is 5.32 Å². The fourth-order valence-corrected chi connectivity index (χ4v) is 3.19. The monoisotopic (exact) mass is 305 g/mol. The van der Waals surface area contributed by atoms with E-state index in [0.717, 1.165) is 17.1 Å². The van der Waals surface area contributed by atoms with Crippen molar-refractivity contribution in [2.75, 3.05) is 11.1 Å². The minimum Gasteiger partial charge on any atom is -0.379 e. The Morgan fingerprint density at radius 3 is 2.38 bits per heavy atom. The van der Waals surface area contributed by atoms with E-state index in [1.165, 1.54) is 0 Å². The third kappa shape index (κ3) is 4.26. The normalized spacial score (nSPS) is 11.3. The van der Waals surface area contributed by atoms with Gasteiger partial charge in [0.15, 0.2) is 9.84 Å². The van der Waals surface area contributed by atoms with Crippen LogP contribution >= 0.6 is 0 Å². The Hall–Kier alpha value is -1.95. The smallest absolute Gasteiger partial charge is 0.178 e. The first-order chi connectivity index (χ1) is 10.0. The number of aromatic nitrogens is 2. The van der Waals surface area contributed by atoms with E-state index in [1.54, 1.807) is 36.7 Å². The molecule has 1 heterocycles. The van der Waals surface area contributed by atoms with E-state index >= 15 is 0 Å². The summed E-state index contributed by atoms with van der Waals surface area (Å²) in [4.78, 5) is 8.80. The lowest BCUT2D eigenvalue weighted by Gasteiger charge is -2.07. The van der Waals surface area contributed by atoms with E-state index in [9.17, 15) is 8.42 Å². The minimum absolute atomic E-state index is 0.179. The molecular formula is C15H19N3O2S. The molecule has 2 aromatic rings. The van der Waals surface area contributed by atoms with Crippen LogP contribution in [0.4, 0.5) is 5.69 Å². The number of benzene rings is 1. The molecule has 0 aliphatic rings. The van der Waals surface area contributed by atoms with Crippen LogP contribution in [0.1, 0.15) is 24.7 Å². The fraction of sp³-hybridized carbons (Fsp3) is 0.333. The standard InChI is InChI=1S/C15H19N3O2S/c1-3-8-21(19,20)15-6-4-13(5-7-15)18-11-14-10-16-12(2)9-17-14/h4-7,9-10,18H,3,8,11H2,1-2H3. The molecule has 0 bridgehead atoms. The van der Waals surface area contributed by atoms with Gasteiger partial charge in [-0.15, -0.1) is 0 Å². The molecule has 21 heavy (non-hydrogen) atoms. The Labute approximate surface area is 125 Å². The summed E-state index contributed by atoms with van der Waals surface area (Å²) in [5.74, 6) is 0.179. The van der Waals surface area contributed by atoms with Crippen molar-refractivity contribution in [3.63, 3.8) is 0 Å². The maximum absolute atomic E-state index is 11.9. The molecule has 0 unspecified atom stereocenters. The second-order valence-electron chi connectivity index (χ2n) is 4.85. The van der Waals surface area contributed by atoms with E-state index in [-0.39, 0.29) is 5.75 Å². The lowest BCUT2D eigenvalue weighted by molar-refractivity contribution is 0.595. The SMILES string of the molecule is CCCS(=O)(=O)c1ccc(NCc2cnc(C)cn2)cc1. The zero-order valence-corrected chi connectivity index (χ0v) is 13.0. The molecule has 0 spiro atoms. The predicted octanol–water partition coefficient (Wildman–Crippen LogP) is 2.58. The lowest BCUT2D eigenvalue weighted by Crippen LogP contribution is -2.06. The number of anilines is 1. The third-order valence-corrected chi connectivity index (χ3v) is 4.93. The van der Waals surface area contributed by atoms with Gasteiger partial charge in [-0.05, 0) is 37.6 Å². The Kier molecular flexibility index (Phi) is 4.90. The number of nitrogens with zero attached hydrogens (tertiary/aromatic N) is 2. The molecule has 0 aliphatic carbocycles. The van der Waals surface area contributed by atoms with Crippen LogP contribution in [0.3, 0.4) is 0 Å². The van der Waals surface area contributed by atoms with Gasteiger partial charge in [0.05, 0.1) is 34.8 Å². The molecule has 5 nitrogen and oxygen atoms in total. The molecular weight excluding hydrogens is 286 g/mol. The van der Waals surface area contributed by atoms with E-state index in [1.807, 2.05) is 13.8 Å². The number of rotatable bonds is 6. The van der Waals surface area contributed by atoms with Gasteiger partial charge in [-0.25, -0.2) is 8.42 Å². The van der Waals surface area contributed by atoms with E-state index in [2.05, 4.69) is 15.3 Å². The summed E-state index contributed by atoms with van der Waals surface area (Å²) in [6, 6.07) is 6.80. The first kappa shape index (κ1) is 15.4. The van der Waals surface area contributed by atoms with Crippen molar-refractivity contribution in [2.45, 2.75) is 31.7 Å². The number of aryl methyl sites for hydroxylation is 1. The van der Waals surface area contributed by atoms with Crippen molar-refractivity contribution in [3.05, 3.63) is 48.0 Å². The summed E-state index contributed by atoms with van der Waals surface area (Å²) in [5, 5.41) is 3.19. The average Bonchev–Trinajstić information content (AvgIpc) is 2.47. The van der Waals surface area contributed by atoms with Crippen LogP contribution in [-0.2, 0) is 16.4 Å². The largest absolute Gasteiger partial charge is 0.379 e. The predicted molar refractivity (Wildman–Crippen MR) is 82.9 cm³/mol. The number of hydrogen-bond acceptors (Lipinski definition) is 5. The first-order valence-electron chi connectivity index (χ1n) is 6.85. The highest BCUT2D eigenvalue weighted by atomic mass is 32.2. The zero-order chi connectivity index (χ0) is 15.3. The van der Waals surface area contributed by atoms with Gasteiger partial charge in [0.25, 0.3) is 0 Å². The van der Waals surface area contributed by atoms with Crippen LogP contribution in [-0.4, -0.2) is 24.1 Å². The molecule has 0 fully saturated rings. The number of hydrogen-bond donors (Lipinski definition) is 1. The molecule has 0 atom stereocenters. The van der Waals surface area contributed by atoms with Gasteiger partial charge in [0.1, 0.15) is 0 Å². The topological polar surface area (TPSA) is 72.0 Å². The molecule has 1 N–H and O–H groups in total. The van der Waals surface area contributed by atoms with Crippen molar-refractivity contribution < 1.29 is 8.42 Å². The van der Waals surface area contributed by atoms with E-state index < -0.39 is 9.84 Å². The van der Waals surface area contributed by atoms with Crippen LogP contribution in [0.2, 0.25) is 0 Å². The molecule has 112 valence electrons. The minimum atomic E-state index is -3.15. The highest BCUT2D eigenvalue weighted by Gasteiger charge is 2.12. The summed E-state index contributed by atoms with van der Waals surface area (Å²) in [6.07, 6.45) is 4.06. The van der Waals surface area contributed by atoms with Crippen LogP contribution in [0.15, 0.2) is 41.6 Å². The molecule has 0 radical (unpaired) electrons. The van der Waals surface area contributed by atoms with Gasteiger partial charge >= 0.3 is 0 Å². The van der Waals surface area contributed by atoms with E-state index in [4.69, 9.17) is 0 Å². The molecule has 1 aromatic heterocycles. The van der Waals surface area contributed by atoms with Crippen molar-refractivity contribution >= 4 is 15.5 Å². The summed E-state index contributed by atoms with van der Waals surface area (Å²) in [5.41, 5.74) is 2.57. The van der Waals surface area contributed by atoms with Crippen molar-refractivity contribution in [1.29, 1.82) is 0 Å². The summed E-state index contributed by atoms with van der Waals surface area (Å²) in [6.45, 7) is 4.30. The average molecular weight is 305 g/mol. The van der Waals surface area contributed by atoms with Gasteiger partial charge in [0, 0.05) is 11.9 Å². The molecule has 2 rings (SSSR count).